The molecule has 5 nitrogen and oxygen atoms in total. The van der Waals surface area contributed by atoms with E-state index in [0.29, 0.717) is 19.5 Å². The van der Waals surface area contributed by atoms with Gasteiger partial charge in [0.05, 0.1) is 13.1 Å². The maximum absolute atomic E-state index is 11.7. The molecule has 1 fully saturated rings. The van der Waals surface area contributed by atoms with Crippen LogP contribution < -0.4 is 10.2 Å². The molecule has 1 heterocycles. The van der Waals surface area contributed by atoms with Crippen molar-refractivity contribution in [3.8, 4) is 0 Å². The average Bonchev–Trinajstić information content (AvgIpc) is 2.78. The maximum Gasteiger partial charge on any atom is 0.414 e. The van der Waals surface area contributed by atoms with Gasteiger partial charge in [0.15, 0.2) is 0 Å². The van der Waals surface area contributed by atoms with Gasteiger partial charge in [-0.1, -0.05) is 25.1 Å². The van der Waals surface area contributed by atoms with Gasteiger partial charge < -0.3 is 10.1 Å². The topological polar surface area (TPSA) is 58.6 Å². The Bertz CT molecular complexity index is 433. The molecule has 1 atom stereocenters. The predicted molar refractivity (Wildman–Crippen MR) is 67.4 cm³/mol. The molecular formula is C13H16N2O3. The number of ether oxygens (including phenoxy) is 1. The molecule has 1 aliphatic rings. The lowest BCUT2D eigenvalue weighted by Crippen LogP contribution is -2.34. The molecular weight excluding hydrogens is 232 g/mol. The van der Waals surface area contributed by atoms with Crippen LogP contribution in [0.2, 0.25) is 0 Å². The highest BCUT2D eigenvalue weighted by Crippen LogP contribution is 2.20. The minimum absolute atomic E-state index is 0.0378. The number of benzene rings is 1. The van der Waals surface area contributed by atoms with Gasteiger partial charge in [0.25, 0.3) is 0 Å². The Kier molecular flexibility index (Phi) is 3.82. The number of para-hydroxylation sites is 1. The Morgan fingerprint density at radius 3 is 2.83 bits per heavy atom. The molecule has 1 aromatic carbocycles. The molecule has 96 valence electrons. The molecule has 1 N–H and O–H groups in total. The Morgan fingerprint density at radius 1 is 1.44 bits per heavy atom. The first-order chi connectivity index (χ1) is 8.70. The van der Waals surface area contributed by atoms with E-state index in [0.717, 1.165) is 5.69 Å². The van der Waals surface area contributed by atoms with Crippen molar-refractivity contribution in [1.29, 1.82) is 0 Å². The fourth-order valence-electron chi connectivity index (χ4n) is 1.80. The Labute approximate surface area is 106 Å². The third-order valence-corrected chi connectivity index (χ3v) is 2.79. The molecule has 2 amide bonds. The third-order valence-electron chi connectivity index (χ3n) is 2.79. The summed E-state index contributed by atoms with van der Waals surface area (Å²) in [4.78, 5) is 24.4. The smallest absolute Gasteiger partial charge is 0.414 e. The molecule has 0 bridgehead atoms. The summed E-state index contributed by atoms with van der Waals surface area (Å²) in [6.07, 6.45) is -0.214. The molecule has 0 spiro atoms. The standard InChI is InChI=1S/C13H16N2O3/c1-2-12(16)14-8-11-9-15(13(17)18-11)10-6-4-3-5-7-10/h3-7,11H,2,8-9H2,1H3,(H,14,16). The Balaban J connectivity index is 1.93. The average molecular weight is 248 g/mol. The summed E-state index contributed by atoms with van der Waals surface area (Å²) in [6, 6.07) is 9.34. The van der Waals surface area contributed by atoms with Crippen LogP contribution in [0.25, 0.3) is 0 Å². The molecule has 18 heavy (non-hydrogen) atoms. The van der Waals surface area contributed by atoms with Gasteiger partial charge in [-0.05, 0) is 12.1 Å². The lowest BCUT2D eigenvalue weighted by Gasteiger charge is -2.12. The van der Waals surface area contributed by atoms with Crippen LogP contribution in [-0.2, 0) is 9.53 Å². The van der Waals surface area contributed by atoms with Crippen LogP contribution in [0.15, 0.2) is 30.3 Å². The summed E-state index contributed by atoms with van der Waals surface area (Å²) < 4.78 is 5.20. The maximum atomic E-state index is 11.7. The zero-order chi connectivity index (χ0) is 13.0. The summed E-state index contributed by atoms with van der Waals surface area (Å²) in [5.74, 6) is -0.0378. The number of nitrogens with one attached hydrogen (secondary N) is 1. The molecule has 0 aromatic heterocycles. The van der Waals surface area contributed by atoms with E-state index in [2.05, 4.69) is 5.32 Å². The van der Waals surface area contributed by atoms with E-state index in [1.165, 1.54) is 0 Å². The number of amides is 2. The van der Waals surface area contributed by atoms with Crippen molar-refractivity contribution in [2.24, 2.45) is 0 Å². The second-order valence-corrected chi connectivity index (χ2v) is 4.11. The van der Waals surface area contributed by atoms with Gasteiger partial charge in [-0.3, -0.25) is 9.69 Å². The van der Waals surface area contributed by atoms with Crippen molar-refractivity contribution >= 4 is 17.7 Å². The van der Waals surface area contributed by atoms with Gasteiger partial charge in [0.2, 0.25) is 5.91 Å². The number of carbonyl (C=O) groups is 2. The van der Waals surface area contributed by atoms with Gasteiger partial charge in [0.1, 0.15) is 6.10 Å². The summed E-state index contributed by atoms with van der Waals surface area (Å²) >= 11 is 0. The van der Waals surface area contributed by atoms with E-state index in [4.69, 9.17) is 4.74 Å². The zero-order valence-electron chi connectivity index (χ0n) is 10.3. The van der Waals surface area contributed by atoms with Crippen molar-refractivity contribution in [1.82, 2.24) is 5.32 Å². The van der Waals surface area contributed by atoms with Crippen LogP contribution in [0.4, 0.5) is 10.5 Å². The lowest BCUT2D eigenvalue weighted by molar-refractivity contribution is -0.121. The normalized spacial score (nSPS) is 18.6. The quantitative estimate of drug-likeness (QED) is 0.879. The Hall–Kier alpha value is -2.04. The number of hydrogen-bond donors (Lipinski definition) is 1. The Morgan fingerprint density at radius 2 is 2.17 bits per heavy atom. The highest BCUT2D eigenvalue weighted by atomic mass is 16.6. The highest BCUT2D eigenvalue weighted by Gasteiger charge is 2.32. The fourth-order valence-corrected chi connectivity index (χ4v) is 1.80. The molecule has 1 unspecified atom stereocenters. The second kappa shape index (κ2) is 5.53. The van der Waals surface area contributed by atoms with Gasteiger partial charge in [-0.2, -0.15) is 0 Å². The van der Waals surface area contributed by atoms with Crippen LogP contribution in [0.3, 0.4) is 0 Å². The van der Waals surface area contributed by atoms with E-state index >= 15 is 0 Å². The van der Waals surface area contributed by atoms with Crippen molar-refractivity contribution in [2.45, 2.75) is 19.4 Å². The van der Waals surface area contributed by atoms with Crippen molar-refractivity contribution in [3.63, 3.8) is 0 Å². The van der Waals surface area contributed by atoms with Gasteiger partial charge in [-0.25, -0.2) is 4.79 Å². The van der Waals surface area contributed by atoms with Gasteiger partial charge in [-0.15, -0.1) is 0 Å². The lowest BCUT2D eigenvalue weighted by atomic mass is 10.2. The summed E-state index contributed by atoms with van der Waals surface area (Å²) in [7, 11) is 0. The number of carbonyl (C=O) groups excluding carboxylic acids is 2. The molecule has 5 heteroatoms. The molecule has 0 radical (unpaired) electrons. The number of nitrogens with zero attached hydrogens (tertiary/aromatic N) is 1. The predicted octanol–water partition coefficient (Wildman–Crippen LogP) is 1.54. The summed E-state index contributed by atoms with van der Waals surface area (Å²) in [5.41, 5.74) is 0.812. The van der Waals surface area contributed by atoms with E-state index in [9.17, 15) is 9.59 Å². The van der Waals surface area contributed by atoms with Gasteiger partial charge in [0, 0.05) is 12.1 Å². The molecule has 0 saturated carbocycles. The van der Waals surface area contributed by atoms with Crippen molar-refractivity contribution < 1.29 is 14.3 Å². The largest absolute Gasteiger partial charge is 0.442 e. The highest BCUT2D eigenvalue weighted by molar-refractivity contribution is 5.89. The van der Waals surface area contributed by atoms with Crippen LogP contribution in [0, 0.1) is 0 Å². The monoisotopic (exact) mass is 248 g/mol. The van der Waals surface area contributed by atoms with E-state index < -0.39 is 0 Å². The molecule has 0 aliphatic carbocycles. The first-order valence-electron chi connectivity index (χ1n) is 6.00. The SMILES string of the molecule is CCC(=O)NCC1CN(c2ccccc2)C(=O)O1. The molecule has 2 rings (SSSR count). The zero-order valence-corrected chi connectivity index (χ0v) is 10.3. The molecule has 1 saturated heterocycles. The fraction of sp³-hybridized carbons (Fsp3) is 0.385. The first-order valence-corrected chi connectivity index (χ1v) is 6.00. The van der Waals surface area contributed by atoms with Crippen molar-refractivity contribution in [2.75, 3.05) is 18.0 Å². The number of hydrogen-bond acceptors (Lipinski definition) is 3. The van der Waals surface area contributed by atoms with E-state index in [1.54, 1.807) is 11.8 Å². The van der Waals surface area contributed by atoms with Crippen LogP contribution >= 0.6 is 0 Å². The van der Waals surface area contributed by atoms with Crippen molar-refractivity contribution in [3.05, 3.63) is 30.3 Å². The number of rotatable bonds is 4. The first kappa shape index (κ1) is 12.4. The number of cyclic esters (lactones) is 1. The molecule has 1 aliphatic heterocycles. The van der Waals surface area contributed by atoms with Gasteiger partial charge >= 0.3 is 6.09 Å². The van der Waals surface area contributed by atoms with Crippen LogP contribution in [-0.4, -0.2) is 31.2 Å². The van der Waals surface area contributed by atoms with E-state index in [1.807, 2.05) is 30.3 Å². The third kappa shape index (κ3) is 2.80. The summed E-state index contributed by atoms with van der Waals surface area (Å²) in [5, 5.41) is 2.72. The number of anilines is 1. The van der Waals surface area contributed by atoms with Crippen LogP contribution in [0.5, 0.6) is 0 Å². The minimum Gasteiger partial charge on any atom is -0.442 e. The van der Waals surface area contributed by atoms with E-state index in [-0.39, 0.29) is 18.1 Å². The second-order valence-electron chi connectivity index (χ2n) is 4.11. The minimum atomic E-state index is -0.364. The summed E-state index contributed by atoms with van der Waals surface area (Å²) in [6.45, 7) is 2.61. The molecule has 1 aromatic rings. The van der Waals surface area contributed by atoms with Crippen LogP contribution in [0.1, 0.15) is 13.3 Å².